The highest BCUT2D eigenvalue weighted by molar-refractivity contribution is 6.21. The molecule has 0 saturated heterocycles. The number of rotatable bonds is 10. The minimum atomic E-state index is -0.797. The zero-order valence-corrected chi connectivity index (χ0v) is 19.6. The molecule has 0 aromatic carbocycles. The predicted molar refractivity (Wildman–Crippen MR) is 115 cm³/mol. The number of carbonyl (C=O) groups is 3. The molecule has 2 saturated carbocycles. The Morgan fingerprint density at radius 3 is 2.12 bits per heavy atom. The van der Waals surface area contributed by atoms with Crippen molar-refractivity contribution >= 4 is 17.7 Å². The van der Waals surface area contributed by atoms with E-state index in [2.05, 4.69) is 10.2 Å². The number of aromatic nitrogens is 2. The number of nitrogens with zero attached hydrogens (tertiary/aromatic N) is 2. The van der Waals surface area contributed by atoms with Gasteiger partial charge < -0.3 is 23.8 Å². The molecule has 2 fully saturated rings. The summed E-state index contributed by atoms with van der Waals surface area (Å²) in [5.41, 5.74) is 0.142. The van der Waals surface area contributed by atoms with Crippen molar-refractivity contribution in [1.82, 2.24) is 15.1 Å². The first-order valence-electron chi connectivity index (χ1n) is 10.6. The molecule has 10 nitrogen and oxygen atoms in total. The van der Waals surface area contributed by atoms with Crippen LogP contribution in [-0.4, -0.2) is 79.9 Å². The molecule has 1 aromatic heterocycles. The lowest BCUT2D eigenvalue weighted by molar-refractivity contribution is -0.142. The van der Waals surface area contributed by atoms with Crippen molar-refractivity contribution in [3.05, 3.63) is 29.2 Å². The van der Waals surface area contributed by atoms with Gasteiger partial charge in [0.1, 0.15) is 22.3 Å². The minimum absolute atomic E-state index is 0.0520. The van der Waals surface area contributed by atoms with E-state index in [0.717, 1.165) is 18.5 Å². The van der Waals surface area contributed by atoms with E-state index in [-0.39, 0.29) is 29.5 Å². The Morgan fingerprint density at radius 2 is 1.69 bits per heavy atom. The molecule has 0 bridgehead atoms. The molecule has 2 aliphatic carbocycles. The highest BCUT2D eigenvalue weighted by Crippen LogP contribution is 2.49. The van der Waals surface area contributed by atoms with Gasteiger partial charge in [0.2, 0.25) is 5.78 Å². The van der Waals surface area contributed by atoms with Gasteiger partial charge in [0.15, 0.2) is 0 Å². The number of hydrogen-bond donors (Lipinski definition) is 1. The van der Waals surface area contributed by atoms with Gasteiger partial charge in [0.25, 0.3) is 0 Å². The molecule has 10 heteroatoms. The number of nitrogens with one attached hydrogen (secondary N) is 1. The summed E-state index contributed by atoms with van der Waals surface area (Å²) < 4.78 is 20.4. The molecule has 32 heavy (non-hydrogen) atoms. The summed E-state index contributed by atoms with van der Waals surface area (Å²) in [6.45, 7) is 4.10. The van der Waals surface area contributed by atoms with Gasteiger partial charge in [-0.1, -0.05) is 0 Å². The second-order valence-corrected chi connectivity index (χ2v) is 7.83. The van der Waals surface area contributed by atoms with Gasteiger partial charge in [-0.15, -0.1) is 0 Å². The Balaban J connectivity index is 0.000000228. The van der Waals surface area contributed by atoms with Crippen molar-refractivity contribution in [2.24, 2.45) is 0 Å². The molecule has 0 spiro atoms. The fraction of sp³-hybridized carbons (Fsp3) is 0.636. The van der Waals surface area contributed by atoms with Crippen LogP contribution in [0.2, 0.25) is 0 Å². The quantitative estimate of drug-likeness (QED) is 0.246. The number of carbonyl (C=O) groups excluding carboxylic acids is 3. The van der Waals surface area contributed by atoms with Crippen molar-refractivity contribution in [2.45, 2.75) is 50.7 Å². The highest BCUT2D eigenvalue weighted by atomic mass is 16.5. The normalized spacial score (nSPS) is 17.5. The fourth-order valence-corrected chi connectivity index (χ4v) is 3.22. The molecule has 2 aliphatic rings. The number of methoxy groups -OCH3 is 2. The van der Waals surface area contributed by atoms with Crippen LogP contribution in [0.4, 0.5) is 0 Å². The summed E-state index contributed by atoms with van der Waals surface area (Å²) >= 11 is 0. The van der Waals surface area contributed by atoms with E-state index in [0.29, 0.717) is 25.0 Å². The van der Waals surface area contributed by atoms with E-state index in [9.17, 15) is 14.4 Å². The second-order valence-electron chi connectivity index (χ2n) is 7.83. The monoisotopic (exact) mass is 451 g/mol. The third kappa shape index (κ3) is 5.74. The highest BCUT2D eigenvalue weighted by Gasteiger charge is 2.52. The van der Waals surface area contributed by atoms with Gasteiger partial charge in [-0.25, -0.2) is 9.59 Å². The topological polar surface area (TPSA) is 120 Å². The average molecular weight is 452 g/mol. The standard InChI is InChI=1S/C12H19NO4.C10H14N2O3/c1-5-17-11(15)9(8-13(2)3)10(14)12(16-4)6-7-12;1-3-15-9(13)7-6-11-12-8(7)10(14-2)4-5-10/h8H,5-7H2,1-4H3;6H,3-5H2,1-2H3,(H,11,12)/b9-8-;. The number of ketones is 1. The molecule has 3 rings (SSSR count). The van der Waals surface area contributed by atoms with Crippen LogP contribution < -0.4 is 0 Å². The van der Waals surface area contributed by atoms with E-state index in [1.807, 2.05) is 0 Å². The third-order valence-corrected chi connectivity index (χ3v) is 5.32. The predicted octanol–water partition coefficient (Wildman–Crippen LogP) is 1.97. The zero-order valence-electron chi connectivity index (χ0n) is 19.6. The number of ether oxygens (including phenoxy) is 4. The van der Waals surface area contributed by atoms with Crippen LogP contribution >= 0.6 is 0 Å². The number of esters is 2. The van der Waals surface area contributed by atoms with Crippen molar-refractivity contribution in [3.63, 3.8) is 0 Å². The largest absolute Gasteiger partial charge is 0.462 e. The SMILES string of the molecule is CCOC(=O)/C(=C\N(C)C)C(=O)C1(OC)CC1.CCOC(=O)c1cn[nH]c1C1(OC)CC1. The first-order chi connectivity index (χ1) is 15.2. The molecule has 178 valence electrons. The molecule has 0 unspecified atom stereocenters. The van der Waals surface area contributed by atoms with Gasteiger partial charge in [-0.2, -0.15) is 5.10 Å². The third-order valence-electron chi connectivity index (χ3n) is 5.32. The van der Waals surface area contributed by atoms with Crippen molar-refractivity contribution in [2.75, 3.05) is 41.5 Å². The van der Waals surface area contributed by atoms with Gasteiger partial charge in [-0.05, 0) is 39.5 Å². The summed E-state index contributed by atoms with van der Waals surface area (Å²) in [5, 5.41) is 6.70. The zero-order chi connectivity index (χ0) is 23.9. The molecule has 0 radical (unpaired) electrons. The summed E-state index contributed by atoms with van der Waals surface area (Å²) in [6, 6.07) is 0. The maximum Gasteiger partial charge on any atom is 0.343 e. The summed E-state index contributed by atoms with van der Waals surface area (Å²) in [7, 11) is 6.63. The van der Waals surface area contributed by atoms with Gasteiger partial charge in [-0.3, -0.25) is 9.89 Å². The van der Waals surface area contributed by atoms with Gasteiger partial charge in [0, 0.05) is 34.5 Å². The molecular weight excluding hydrogens is 418 g/mol. The molecular formula is C22H33N3O7. The van der Waals surface area contributed by atoms with Crippen LogP contribution in [0.15, 0.2) is 18.0 Å². The molecule has 1 heterocycles. The first kappa shape index (κ1) is 25.5. The summed E-state index contributed by atoms with van der Waals surface area (Å²) in [6.07, 6.45) is 6.13. The van der Waals surface area contributed by atoms with Crippen LogP contribution in [0.3, 0.4) is 0 Å². The van der Waals surface area contributed by atoms with Crippen LogP contribution in [0.25, 0.3) is 0 Å². The molecule has 1 N–H and O–H groups in total. The van der Waals surface area contributed by atoms with Gasteiger partial charge >= 0.3 is 11.9 Å². The molecule has 0 amide bonds. The smallest absolute Gasteiger partial charge is 0.343 e. The fourth-order valence-electron chi connectivity index (χ4n) is 3.22. The van der Waals surface area contributed by atoms with E-state index >= 15 is 0 Å². The van der Waals surface area contributed by atoms with Crippen LogP contribution in [0.1, 0.15) is 55.6 Å². The molecule has 1 aromatic rings. The number of H-pyrrole nitrogens is 1. The minimum Gasteiger partial charge on any atom is -0.462 e. The Morgan fingerprint density at radius 1 is 1.06 bits per heavy atom. The van der Waals surface area contributed by atoms with E-state index in [1.54, 1.807) is 40.0 Å². The van der Waals surface area contributed by atoms with Crippen LogP contribution in [0, 0.1) is 0 Å². The first-order valence-corrected chi connectivity index (χ1v) is 10.6. The van der Waals surface area contributed by atoms with Gasteiger partial charge in [0.05, 0.1) is 25.1 Å². The van der Waals surface area contributed by atoms with Crippen molar-refractivity contribution in [3.8, 4) is 0 Å². The Bertz CT molecular complexity index is 851. The van der Waals surface area contributed by atoms with E-state index < -0.39 is 11.6 Å². The summed E-state index contributed by atoms with van der Waals surface area (Å²) in [4.78, 5) is 37.1. The Labute approximate surface area is 188 Å². The van der Waals surface area contributed by atoms with E-state index in [1.165, 1.54) is 19.5 Å². The second kappa shape index (κ2) is 10.7. The lowest BCUT2D eigenvalue weighted by Crippen LogP contribution is -2.31. The van der Waals surface area contributed by atoms with Crippen molar-refractivity contribution < 1.29 is 33.3 Å². The van der Waals surface area contributed by atoms with Crippen molar-refractivity contribution in [1.29, 1.82) is 0 Å². The molecule has 0 aliphatic heterocycles. The number of Topliss-reactive ketones (excluding diaryl/α,β-unsaturated/α-hetero) is 1. The lowest BCUT2D eigenvalue weighted by atomic mass is 10.1. The number of hydrogen-bond acceptors (Lipinski definition) is 9. The molecule has 0 atom stereocenters. The maximum absolute atomic E-state index is 12.2. The van der Waals surface area contributed by atoms with Crippen LogP contribution in [0.5, 0.6) is 0 Å². The average Bonchev–Trinajstić information content (AvgIpc) is 3.69. The van der Waals surface area contributed by atoms with Crippen LogP contribution in [-0.2, 0) is 34.1 Å². The van der Waals surface area contributed by atoms with E-state index in [4.69, 9.17) is 18.9 Å². The lowest BCUT2D eigenvalue weighted by Gasteiger charge is -2.15. The number of aromatic amines is 1. The Hall–Kier alpha value is -2.72. The summed E-state index contributed by atoms with van der Waals surface area (Å²) in [5.74, 6) is -1.22. The maximum atomic E-state index is 12.2. The Kier molecular flexibility index (Phi) is 8.57.